The van der Waals surface area contributed by atoms with Crippen molar-refractivity contribution in [3.05, 3.63) is 60.5 Å². The van der Waals surface area contributed by atoms with E-state index in [1.807, 2.05) is 0 Å². The Morgan fingerprint density at radius 1 is 0.974 bits per heavy atom. The number of hydrogen-bond donors (Lipinski definition) is 5. The summed E-state index contributed by atoms with van der Waals surface area (Å²) < 4.78 is 20.9. The van der Waals surface area contributed by atoms with Crippen molar-refractivity contribution in [1.82, 2.24) is 19.9 Å². The molecule has 12 heteroatoms. The molecule has 3 aromatic rings. The Hall–Kier alpha value is -3.13. The van der Waals surface area contributed by atoms with Crippen molar-refractivity contribution in [2.75, 3.05) is 44.3 Å². The number of ether oxygens (including phenoxy) is 1. The van der Waals surface area contributed by atoms with E-state index in [0.717, 1.165) is 5.69 Å². The normalized spacial score (nSPS) is 28.5. The summed E-state index contributed by atoms with van der Waals surface area (Å²) >= 11 is 0. The van der Waals surface area contributed by atoms with E-state index in [1.54, 1.807) is 36.4 Å². The summed E-state index contributed by atoms with van der Waals surface area (Å²) in [4.78, 5) is 4.13. The van der Waals surface area contributed by atoms with Crippen LogP contribution in [0.4, 0.5) is 10.1 Å². The van der Waals surface area contributed by atoms with E-state index in [4.69, 9.17) is 4.74 Å². The van der Waals surface area contributed by atoms with Crippen molar-refractivity contribution in [2.24, 2.45) is 0 Å². The number of nitrogens with zero attached hydrogens (tertiary/aromatic N) is 5. The third-order valence-corrected chi connectivity index (χ3v) is 7.32. The molecule has 3 heterocycles. The first-order valence-electron chi connectivity index (χ1n) is 12.6. The van der Waals surface area contributed by atoms with Crippen molar-refractivity contribution in [2.45, 2.75) is 36.5 Å². The standard InChI is InChI=1S/C26H32FN5O6/c27-17-3-1-2-16(10-17)21-12-32(29-28-21)24-25(36)22(38-23(15-34)26(24)37)13-30-8-9-31(19(11-30)14-33)18-4-6-20(35)7-5-18/h1-7,10,12,19,22-26,33-37H,8-9,11,13-15H2/t19?,22-,23+,24+,25-,26-/m0/s1. The molecule has 0 spiro atoms. The quantitative estimate of drug-likeness (QED) is 0.283. The Kier molecular flexibility index (Phi) is 7.88. The number of aliphatic hydroxyl groups excluding tert-OH is 4. The van der Waals surface area contributed by atoms with Gasteiger partial charge in [0.15, 0.2) is 0 Å². The summed E-state index contributed by atoms with van der Waals surface area (Å²) in [7, 11) is 0. The average molecular weight is 530 g/mol. The van der Waals surface area contributed by atoms with E-state index in [2.05, 4.69) is 20.1 Å². The SMILES string of the molecule is OCC1CN(C[C@@H]2O[C@H](CO)[C@H](O)[C@H](n3cc(-c4cccc(F)c4)nn3)[C@H]2O)CCN1c1ccc(O)cc1. The molecule has 5 rings (SSSR count). The molecule has 2 aliphatic rings. The fourth-order valence-electron chi connectivity index (χ4n) is 5.33. The lowest BCUT2D eigenvalue weighted by molar-refractivity contribution is -0.209. The summed E-state index contributed by atoms with van der Waals surface area (Å²) in [5, 5.41) is 59.9. The average Bonchev–Trinajstić information content (AvgIpc) is 3.41. The van der Waals surface area contributed by atoms with Crippen LogP contribution in [-0.2, 0) is 4.74 Å². The lowest BCUT2D eigenvalue weighted by Crippen LogP contribution is -2.61. The second-order valence-corrected chi connectivity index (χ2v) is 9.77. The zero-order valence-corrected chi connectivity index (χ0v) is 20.7. The molecule has 0 amide bonds. The lowest BCUT2D eigenvalue weighted by atomic mass is 9.92. The molecule has 2 aliphatic heterocycles. The van der Waals surface area contributed by atoms with Crippen LogP contribution in [0.3, 0.4) is 0 Å². The summed E-state index contributed by atoms with van der Waals surface area (Å²) in [5.74, 6) is -0.253. The molecule has 38 heavy (non-hydrogen) atoms. The Morgan fingerprint density at radius 3 is 2.45 bits per heavy atom. The van der Waals surface area contributed by atoms with Gasteiger partial charge in [-0.25, -0.2) is 9.07 Å². The highest BCUT2D eigenvalue weighted by Crippen LogP contribution is 2.32. The first-order chi connectivity index (χ1) is 18.4. The molecular weight excluding hydrogens is 497 g/mol. The van der Waals surface area contributed by atoms with Gasteiger partial charge in [0.2, 0.25) is 0 Å². The number of aromatic nitrogens is 3. The fourth-order valence-corrected chi connectivity index (χ4v) is 5.33. The van der Waals surface area contributed by atoms with Crippen LogP contribution >= 0.6 is 0 Å². The predicted molar refractivity (Wildman–Crippen MR) is 135 cm³/mol. The molecule has 1 aromatic heterocycles. The molecule has 2 fully saturated rings. The Bertz CT molecular complexity index is 1210. The van der Waals surface area contributed by atoms with Crippen molar-refractivity contribution in [3.8, 4) is 17.0 Å². The number of piperazine rings is 1. The van der Waals surface area contributed by atoms with E-state index < -0.39 is 42.9 Å². The van der Waals surface area contributed by atoms with E-state index in [-0.39, 0.29) is 18.4 Å². The summed E-state index contributed by atoms with van der Waals surface area (Å²) in [6.45, 7) is 1.47. The number of aliphatic hydroxyl groups is 4. The van der Waals surface area contributed by atoms with Crippen molar-refractivity contribution in [1.29, 1.82) is 0 Å². The molecule has 0 bridgehead atoms. The maximum atomic E-state index is 13.7. The molecule has 2 saturated heterocycles. The number of aromatic hydroxyl groups is 1. The van der Waals surface area contributed by atoms with Crippen LogP contribution in [0, 0.1) is 5.82 Å². The summed E-state index contributed by atoms with van der Waals surface area (Å²) in [6.07, 6.45) is -2.63. The highest BCUT2D eigenvalue weighted by atomic mass is 19.1. The van der Waals surface area contributed by atoms with E-state index in [0.29, 0.717) is 37.4 Å². The van der Waals surface area contributed by atoms with Crippen molar-refractivity contribution < 1.29 is 34.7 Å². The first kappa shape index (κ1) is 26.5. The van der Waals surface area contributed by atoms with Crippen LogP contribution in [0.5, 0.6) is 5.75 Å². The largest absolute Gasteiger partial charge is 0.508 e. The molecule has 2 aromatic carbocycles. The molecule has 5 N–H and O–H groups in total. The maximum Gasteiger partial charge on any atom is 0.123 e. The lowest BCUT2D eigenvalue weighted by Gasteiger charge is -2.46. The minimum Gasteiger partial charge on any atom is -0.508 e. The highest BCUT2D eigenvalue weighted by Gasteiger charge is 2.46. The smallest absolute Gasteiger partial charge is 0.123 e. The Labute approximate surface area is 218 Å². The predicted octanol–water partition coefficient (Wildman–Crippen LogP) is -0.00450. The van der Waals surface area contributed by atoms with Crippen LogP contribution < -0.4 is 4.90 Å². The van der Waals surface area contributed by atoms with Gasteiger partial charge in [-0.2, -0.15) is 0 Å². The Morgan fingerprint density at radius 2 is 1.74 bits per heavy atom. The third kappa shape index (κ3) is 5.37. The number of phenolic OH excluding ortho intramolecular Hbond substituents is 1. The first-order valence-corrected chi connectivity index (χ1v) is 12.6. The van der Waals surface area contributed by atoms with Gasteiger partial charge in [-0.05, 0) is 36.4 Å². The number of phenols is 1. The summed E-state index contributed by atoms with van der Waals surface area (Å²) in [6, 6.07) is 11.5. The minimum atomic E-state index is -1.26. The second-order valence-electron chi connectivity index (χ2n) is 9.77. The van der Waals surface area contributed by atoms with Crippen LogP contribution in [0.25, 0.3) is 11.3 Å². The van der Waals surface area contributed by atoms with Gasteiger partial charge >= 0.3 is 0 Å². The van der Waals surface area contributed by atoms with Gasteiger partial charge in [0.1, 0.15) is 41.6 Å². The topological polar surface area (TPSA) is 148 Å². The minimum absolute atomic E-state index is 0.0894. The van der Waals surface area contributed by atoms with Crippen LogP contribution in [0.15, 0.2) is 54.7 Å². The van der Waals surface area contributed by atoms with Gasteiger partial charge in [0, 0.05) is 37.4 Å². The molecule has 1 unspecified atom stereocenters. The number of anilines is 1. The Balaban J connectivity index is 1.31. The number of rotatable bonds is 7. The van der Waals surface area contributed by atoms with E-state index >= 15 is 0 Å². The molecule has 11 nitrogen and oxygen atoms in total. The fraction of sp³-hybridized carbons (Fsp3) is 0.462. The van der Waals surface area contributed by atoms with Gasteiger partial charge in [0.05, 0.1) is 31.6 Å². The zero-order chi connectivity index (χ0) is 26.8. The third-order valence-electron chi connectivity index (χ3n) is 7.32. The van der Waals surface area contributed by atoms with E-state index in [9.17, 15) is 29.9 Å². The zero-order valence-electron chi connectivity index (χ0n) is 20.7. The highest BCUT2D eigenvalue weighted by molar-refractivity contribution is 5.57. The molecule has 0 aliphatic carbocycles. The number of hydrogen-bond acceptors (Lipinski definition) is 10. The van der Waals surface area contributed by atoms with E-state index in [1.165, 1.54) is 23.0 Å². The van der Waals surface area contributed by atoms with Gasteiger partial charge < -0.3 is 35.2 Å². The van der Waals surface area contributed by atoms with Gasteiger partial charge in [0.25, 0.3) is 0 Å². The van der Waals surface area contributed by atoms with Gasteiger partial charge in [-0.15, -0.1) is 5.10 Å². The monoisotopic (exact) mass is 529 g/mol. The molecule has 0 radical (unpaired) electrons. The maximum absolute atomic E-state index is 13.7. The van der Waals surface area contributed by atoms with Gasteiger partial charge in [-0.1, -0.05) is 17.3 Å². The van der Waals surface area contributed by atoms with Crippen molar-refractivity contribution >= 4 is 5.69 Å². The van der Waals surface area contributed by atoms with Crippen LogP contribution in [0.1, 0.15) is 6.04 Å². The number of benzene rings is 2. The molecular formula is C26H32FN5O6. The second kappa shape index (κ2) is 11.3. The molecule has 0 saturated carbocycles. The number of halogens is 1. The van der Waals surface area contributed by atoms with Crippen LogP contribution in [0.2, 0.25) is 0 Å². The van der Waals surface area contributed by atoms with Crippen LogP contribution in [-0.4, -0.2) is 115 Å². The molecule has 6 atom stereocenters. The van der Waals surface area contributed by atoms with Crippen molar-refractivity contribution in [3.63, 3.8) is 0 Å². The summed E-state index contributed by atoms with van der Waals surface area (Å²) in [5.41, 5.74) is 1.77. The molecule has 204 valence electrons. The van der Waals surface area contributed by atoms with Gasteiger partial charge in [-0.3, -0.25) is 4.90 Å².